The number of hydrogen-bond donors (Lipinski definition) is 0. The van der Waals surface area contributed by atoms with Crippen LogP contribution >= 0.6 is 30.9 Å². The molecular formula is C9H27BO3S3. The molecule has 0 heterocycles. The molecular weight excluding hydrogens is 263 g/mol. The first kappa shape index (κ1) is 17.0. The van der Waals surface area contributed by atoms with Gasteiger partial charge in [-0.05, 0) is 56.3 Å². The molecule has 16 heavy (non-hydrogen) atoms. The van der Waals surface area contributed by atoms with E-state index in [-0.39, 0.29) is 0 Å². The predicted octanol–water partition coefficient (Wildman–Crippen LogP) is 2.85. The first-order chi connectivity index (χ1) is 6.79. The third-order valence-electron chi connectivity index (χ3n) is 1.10. The van der Waals surface area contributed by atoms with Gasteiger partial charge in [0.05, 0.1) is 0 Å². The van der Waals surface area contributed by atoms with Crippen molar-refractivity contribution >= 4 is 38.2 Å². The zero-order chi connectivity index (χ0) is 13.2. The van der Waals surface area contributed by atoms with Crippen LogP contribution in [0, 0.1) is 0 Å². The predicted molar refractivity (Wildman–Crippen MR) is 85.1 cm³/mol. The molecule has 0 N–H and O–H groups in total. The fourth-order valence-electron chi connectivity index (χ4n) is 0.755. The summed E-state index contributed by atoms with van der Waals surface area (Å²) < 4.78 is 17.6. The lowest BCUT2D eigenvalue weighted by molar-refractivity contribution is 0.364. The van der Waals surface area contributed by atoms with E-state index in [1.54, 1.807) is 0 Å². The van der Waals surface area contributed by atoms with Crippen molar-refractivity contribution in [3.8, 4) is 0 Å². The van der Waals surface area contributed by atoms with Crippen LogP contribution in [0.5, 0.6) is 0 Å². The fraction of sp³-hybridized carbons (Fsp3) is 1.00. The van der Waals surface area contributed by atoms with E-state index in [2.05, 4.69) is 56.3 Å². The first-order valence-corrected chi connectivity index (χ1v) is 13.2. The van der Waals surface area contributed by atoms with E-state index in [4.69, 9.17) is 12.3 Å². The standard InChI is InChI=1S/C9H27BO3S3/c1-14(2,3)11-10(12-15(4,5)6)13-16(7,8)9/h1-9H3. The third-order valence-corrected chi connectivity index (χ3v) is 3.31. The SMILES string of the molecule is CS(C)(C)OB(OS(C)(C)C)OS(C)(C)C. The van der Waals surface area contributed by atoms with E-state index in [0.717, 1.165) is 0 Å². The summed E-state index contributed by atoms with van der Waals surface area (Å²) in [4.78, 5) is 0. The van der Waals surface area contributed by atoms with Crippen molar-refractivity contribution < 1.29 is 12.3 Å². The molecule has 0 saturated heterocycles. The Balaban J connectivity index is 4.53. The quantitative estimate of drug-likeness (QED) is 0.704. The molecule has 0 fully saturated rings. The second-order valence-electron chi connectivity index (χ2n) is 5.75. The maximum absolute atomic E-state index is 5.87. The minimum absolute atomic E-state index is 0.528. The van der Waals surface area contributed by atoms with Crippen molar-refractivity contribution in [1.82, 2.24) is 0 Å². The largest absolute Gasteiger partial charge is 0.670 e. The van der Waals surface area contributed by atoms with Gasteiger partial charge in [-0.25, -0.2) is 0 Å². The topological polar surface area (TPSA) is 27.7 Å². The van der Waals surface area contributed by atoms with Gasteiger partial charge in [0.25, 0.3) is 0 Å². The van der Waals surface area contributed by atoms with E-state index >= 15 is 0 Å². The van der Waals surface area contributed by atoms with Crippen LogP contribution in [0.2, 0.25) is 0 Å². The first-order valence-electron chi connectivity index (χ1n) is 4.88. The summed E-state index contributed by atoms with van der Waals surface area (Å²) in [6.07, 6.45) is 18.8. The second-order valence-corrected chi connectivity index (χ2v) is 16.7. The minimum Gasteiger partial charge on any atom is -0.336 e. The van der Waals surface area contributed by atoms with Gasteiger partial charge < -0.3 is 12.3 Å². The lowest BCUT2D eigenvalue weighted by Crippen LogP contribution is -2.29. The molecule has 0 aromatic heterocycles. The Hall–Kier alpha value is 0.995. The molecule has 0 unspecified atom stereocenters. The number of rotatable bonds is 6. The average molecular weight is 290 g/mol. The van der Waals surface area contributed by atoms with Gasteiger partial charge in [0.1, 0.15) is 0 Å². The lowest BCUT2D eigenvalue weighted by atomic mass is 10.3. The van der Waals surface area contributed by atoms with E-state index in [1.807, 2.05) is 0 Å². The summed E-state index contributed by atoms with van der Waals surface area (Å²) in [6, 6.07) is 0. The van der Waals surface area contributed by atoms with Crippen molar-refractivity contribution in [2.75, 3.05) is 56.3 Å². The van der Waals surface area contributed by atoms with Crippen LogP contribution in [0.25, 0.3) is 0 Å². The molecule has 0 spiro atoms. The molecule has 0 radical (unpaired) electrons. The van der Waals surface area contributed by atoms with Gasteiger partial charge in [-0.1, -0.05) is 0 Å². The normalized spacial score (nSPS) is 17.1. The molecule has 0 atom stereocenters. The van der Waals surface area contributed by atoms with Crippen molar-refractivity contribution in [3.05, 3.63) is 0 Å². The number of hydrogen-bond acceptors (Lipinski definition) is 3. The Kier molecular flexibility index (Phi) is 6.11. The Bertz CT molecular complexity index is 179. The minimum atomic E-state index is -1.09. The Morgan fingerprint density at radius 2 is 0.688 bits per heavy atom. The van der Waals surface area contributed by atoms with Gasteiger partial charge in [0.2, 0.25) is 0 Å². The highest BCUT2D eigenvalue weighted by Crippen LogP contribution is 2.47. The van der Waals surface area contributed by atoms with Crippen molar-refractivity contribution in [3.63, 3.8) is 0 Å². The molecule has 0 rings (SSSR count). The van der Waals surface area contributed by atoms with Crippen LogP contribution < -0.4 is 0 Å². The second kappa shape index (κ2) is 5.76. The molecule has 3 nitrogen and oxygen atoms in total. The Labute approximate surface area is 107 Å². The van der Waals surface area contributed by atoms with Crippen LogP contribution in [0.3, 0.4) is 0 Å². The maximum atomic E-state index is 5.87. The summed E-state index contributed by atoms with van der Waals surface area (Å²) in [5.74, 6) is 0. The van der Waals surface area contributed by atoms with Crippen LogP contribution in [-0.4, -0.2) is 63.6 Å². The third kappa shape index (κ3) is 11.5. The molecule has 0 amide bonds. The molecule has 0 aromatic rings. The lowest BCUT2D eigenvalue weighted by Gasteiger charge is -2.37. The average Bonchev–Trinajstić information content (AvgIpc) is 1.70. The van der Waals surface area contributed by atoms with E-state index in [0.29, 0.717) is 0 Å². The molecule has 102 valence electrons. The maximum Gasteiger partial charge on any atom is 0.670 e. The summed E-state index contributed by atoms with van der Waals surface area (Å²) in [5.41, 5.74) is 0. The Morgan fingerprint density at radius 3 is 0.812 bits per heavy atom. The monoisotopic (exact) mass is 290 g/mol. The van der Waals surface area contributed by atoms with Crippen molar-refractivity contribution in [2.24, 2.45) is 0 Å². The molecule has 0 aliphatic carbocycles. The summed E-state index contributed by atoms with van der Waals surface area (Å²) >= 11 is 0. The van der Waals surface area contributed by atoms with Crippen molar-refractivity contribution in [1.29, 1.82) is 0 Å². The highest BCUT2D eigenvalue weighted by molar-refractivity contribution is 8.30. The van der Waals surface area contributed by atoms with Crippen molar-refractivity contribution in [2.45, 2.75) is 0 Å². The smallest absolute Gasteiger partial charge is 0.336 e. The molecule has 0 aliphatic heterocycles. The van der Waals surface area contributed by atoms with Gasteiger partial charge in [-0.3, -0.25) is 0 Å². The van der Waals surface area contributed by atoms with Crippen LogP contribution in [0.15, 0.2) is 0 Å². The highest BCUT2D eigenvalue weighted by Gasteiger charge is 2.33. The van der Waals surface area contributed by atoms with E-state index in [1.165, 1.54) is 0 Å². The zero-order valence-electron chi connectivity index (χ0n) is 12.0. The molecule has 0 aromatic carbocycles. The zero-order valence-corrected chi connectivity index (χ0v) is 14.5. The molecule has 0 saturated carbocycles. The molecule has 7 heteroatoms. The Morgan fingerprint density at radius 1 is 0.500 bits per heavy atom. The molecule has 0 bridgehead atoms. The van der Waals surface area contributed by atoms with Gasteiger partial charge in [0.15, 0.2) is 0 Å². The van der Waals surface area contributed by atoms with Gasteiger partial charge in [-0.2, -0.15) is 30.9 Å². The summed E-state index contributed by atoms with van der Waals surface area (Å²) in [6.45, 7) is 0. The highest BCUT2D eigenvalue weighted by atomic mass is 32.3. The summed E-state index contributed by atoms with van der Waals surface area (Å²) in [5, 5.41) is 0. The van der Waals surface area contributed by atoms with Gasteiger partial charge >= 0.3 is 7.32 Å². The van der Waals surface area contributed by atoms with Crippen LogP contribution in [0.1, 0.15) is 0 Å². The van der Waals surface area contributed by atoms with E-state index in [9.17, 15) is 0 Å². The van der Waals surface area contributed by atoms with Crippen LogP contribution in [0.4, 0.5) is 0 Å². The van der Waals surface area contributed by atoms with E-state index < -0.39 is 38.2 Å². The van der Waals surface area contributed by atoms with Gasteiger partial charge in [-0.15, -0.1) is 0 Å². The fourth-order valence-corrected chi connectivity index (χ4v) is 2.55. The molecule has 0 aliphatic rings. The van der Waals surface area contributed by atoms with Gasteiger partial charge in [0, 0.05) is 0 Å². The summed E-state index contributed by atoms with van der Waals surface area (Å²) in [7, 11) is -3.80. The van der Waals surface area contributed by atoms with Crippen LogP contribution in [-0.2, 0) is 12.3 Å².